The summed E-state index contributed by atoms with van der Waals surface area (Å²) < 4.78 is 18.9. The van der Waals surface area contributed by atoms with Crippen molar-refractivity contribution in [2.24, 2.45) is 0 Å². The lowest BCUT2D eigenvalue weighted by atomic mass is 10.0. The molecule has 0 saturated heterocycles. The number of hydrogen-bond acceptors (Lipinski definition) is 5. The topological polar surface area (TPSA) is 73.1 Å². The lowest BCUT2D eigenvalue weighted by molar-refractivity contribution is 0.310. The lowest BCUT2D eigenvalue weighted by Crippen LogP contribution is -2.09. The van der Waals surface area contributed by atoms with Gasteiger partial charge in [-0.3, -0.25) is 0 Å². The number of halogens is 1. The molecule has 6 heteroatoms. The average Bonchev–Trinajstić information content (AvgIpc) is 2.55. The Morgan fingerprint density at radius 2 is 2.12 bits per heavy atom. The van der Waals surface area contributed by atoms with Crippen molar-refractivity contribution in [1.29, 1.82) is 0 Å². The summed E-state index contributed by atoms with van der Waals surface area (Å²) in [6.07, 6.45) is 5.40. The zero-order valence-electron chi connectivity index (χ0n) is 14.3. The molecule has 0 fully saturated rings. The molecule has 1 heterocycles. The first-order valence-electron chi connectivity index (χ1n) is 8.34. The number of nitrogens with one attached hydrogen (secondary N) is 1. The Morgan fingerprint density at radius 3 is 2.88 bits per heavy atom. The van der Waals surface area contributed by atoms with Crippen LogP contribution in [0.15, 0.2) is 24.4 Å². The van der Waals surface area contributed by atoms with Crippen LogP contribution in [0.2, 0.25) is 0 Å². The Labute approximate surface area is 142 Å². The van der Waals surface area contributed by atoms with Gasteiger partial charge in [-0.15, -0.1) is 0 Å². The summed E-state index contributed by atoms with van der Waals surface area (Å²) >= 11 is 0. The van der Waals surface area contributed by atoms with E-state index in [9.17, 15) is 4.39 Å². The van der Waals surface area contributed by atoms with E-state index in [1.165, 1.54) is 6.07 Å². The minimum atomic E-state index is -0.200. The molecule has 24 heavy (non-hydrogen) atoms. The van der Waals surface area contributed by atoms with E-state index in [2.05, 4.69) is 22.2 Å². The van der Waals surface area contributed by atoms with Crippen LogP contribution in [-0.2, 0) is 6.42 Å². The molecule has 0 bridgehead atoms. The number of benzene rings is 1. The third-order valence-corrected chi connectivity index (χ3v) is 3.75. The Kier molecular flexibility index (Phi) is 6.78. The normalized spacial score (nSPS) is 10.6. The van der Waals surface area contributed by atoms with Crippen molar-refractivity contribution < 1.29 is 9.13 Å². The first-order chi connectivity index (χ1) is 11.6. The molecular weight excluding hydrogens is 307 g/mol. The third-order valence-electron chi connectivity index (χ3n) is 3.75. The molecule has 5 nitrogen and oxygen atoms in total. The highest BCUT2D eigenvalue weighted by atomic mass is 19.1. The van der Waals surface area contributed by atoms with E-state index in [4.69, 9.17) is 10.5 Å². The molecule has 130 valence electrons. The fourth-order valence-electron chi connectivity index (χ4n) is 2.38. The standard InChI is InChI=1S/C18H25FN4O/c1-3-4-9-21-17-16(12-22-18(20)23-17)24-10-5-6-14-7-8-15(19)11-13(14)2/h7-8,11-12H,3-6,9-10H2,1-2H3,(H3,20,21,22,23). The maximum absolute atomic E-state index is 13.1. The van der Waals surface area contributed by atoms with Crippen LogP contribution in [0.25, 0.3) is 0 Å². The Bertz CT molecular complexity index is 663. The van der Waals surface area contributed by atoms with E-state index in [1.54, 1.807) is 12.3 Å². The molecular formula is C18H25FN4O. The van der Waals surface area contributed by atoms with Crippen LogP contribution >= 0.6 is 0 Å². The summed E-state index contributed by atoms with van der Waals surface area (Å²) in [5.41, 5.74) is 7.74. The van der Waals surface area contributed by atoms with E-state index >= 15 is 0 Å². The predicted octanol–water partition coefficient (Wildman–Crippen LogP) is 3.73. The maximum Gasteiger partial charge on any atom is 0.222 e. The fraction of sp³-hybridized carbons (Fsp3) is 0.444. The third kappa shape index (κ3) is 5.37. The lowest BCUT2D eigenvalue weighted by Gasteiger charge is -2.12. The number of nitrogens with zero attached hydrogens (tertiary/aromatic N) is 2. The van der Waals surface area contributed by atoms with Gasteiger partial charge < -0.3 is 15.8 Å². The number of ether oxygens (including phenoxy) is 1. The molecule has 0 aliphatic heterocycles. The van der Waals surface area contributed by atoms with E-state index < -0.39 is 0 Å². The Hall–Kier alpha value is -2.37. The van der Waals surface area contributed by atoms with Crippen LogP contribution in [0.3, 0.4) is 0 Å². The van der Waals surface area contributed by atoms with E-state index in [0.717, 1.165) is 43.4 Å². The number of unbranched alkanes of at least 4 members (excludes halogenated alkanes) is 1. The van der Waals surface area contributed by atoms with Gasteiger partial charge in [0.1, 0.15) is 5.82 Å². The van der Waals surface area contributed by atoms with Crippen LogP contribution in [0.1, 0.15) is 37.3 Å². The molecule has 0 radical (unpaired) electrons. The van der Waals surface area contributed by atoms with Gasteiger partial charge in [0.25, 0.3) is 0 Å². The Morgan fingerprint density at radius 1 is 1.29 bits per heavy atom. The molecule has 1 aromatic carbocycles. The van der Waals surface area contributed by atoms with Crippen molar-refractivity contribution in [1.82, 2.24) is 9.97 Å². The number of nitrogens with two attached hydrogens (primary N) is 1. The van der Waals surface area contributed by atoms with Crippen LogP contribution in [0, 0.1) is 12.7 Å². The van der Waals surface area contributed by atoms with Crippen molar-refractivity contribution >= 4 is 11.8 Å². The van der Waals surface area contributed by atoms with Crippen LogP contribution in [-0.4, -0.2) is 23.1 Å². The second-order valence-corrected chi connectivity index (χ2v) is 5.74. The molecule has 0 spiro atoms. The van der Waals surface area contributed by atoms with Gasteiger partial charge in [-0.2, -0.15) is 4.98 Å². The van der Waals surface area contributed by atoms with Gasteiger partial charge in [0.15, 0.2) is 11.6 Å². The van der Waals surface area contributed by atoms with Crippen molar-refractivity contribution in [3.05, 3.63) is 41.3 Å². The van der Waals surface area contributed by atoms with E-state index in [-0.39, 0.29) is 11.8 Å². The van der Waals surface area contributed by atoms with Crippen molar-refractivity contribution in [3.63, 3.8) is 0 Å². The minimum absolute atomic E-state index is 0.200. The number of nitrogen functional groups attached to an aromatic ring is 1. The SMILES string of the molecule is CCCCNc1nc(N)ncc1OCCCc1ccc(F)cc1C. The van der Waals surface area contributed by atoms with Gasteiger partial charge in [0.2, 0.25) is 5.95 Å². The first kappa shape index (κ1) is 18.0. The van der Waals surface area contributed by atoms with Crippen molar-refractivity contribution in [2.75, 3.05) is 24.2 Å². The zero-order chi connectivity index (χ0) is 17.4. The zero-order valence-corrected chi connectivity index (χ0v) is 14.3. The molecule has 0 amide bonds. The van der Waals surface area contributed by atoms with Gasteiger partial charge in [-0.05, 0) is 49.4 Å². The van der Waals surface area contributed by atoms with Gasteiger partial charge in [-0.25, -0.2) is 9.37 Å². The largest absolute Gasteiger partial charge is 0.488 e. The van der Waals surface area contributed by atoms with E-state index in [0.29, 0.717) is 18.2 Å². The summed E-state index contributed by atoms with van der Waals surface area (Å²) in [5, 5.41) is 3.23. The average molecular weight is 332 g/mol. The number of aryl methyl sites for hydroxylation is 2. The maximum atomic E-state index is 13.1. The Balaban J connectivity index is 1.87. The molecule has 0 atom stereocenters. The summed E-state index contributed by atoms with van der Waals surface area (Å²) in [5.74, 6) is 1.27. The molecule has 2 aromatic rings. The quantitative estimate of drug-likeness (QED) is 0.685. The number of rotatable bonds is 9. The molecule has 0 aliphatic carbocycles. The summed E-state index contributed by atoms with van der Waals surface area (Å²) in [6.45, 7) is 5.40. The summed E-state index contributed by atoms with van der Waals surface area (Å²) in [4.78, 5) is 8.18. The smallest absolute Gasteiger partial charge is 0.222 e. The molecule has 0 aliphatic rings. The van der Waals surface area contributed by atoms with Crippen LogP contribution in [0.4, 0.5) is 16.2 Å². The second kappa shape index (κ2) is 9.05. The van der Waals surface area contributed by atoms with E-state index in [1.807, 2.05) is 13.0 Å². The highest BCUT2D eigenvalue weighted by molar-refractivity contribution is 5.51. The van der Waals surface area contributed by atoms with Gasteiger partial charge in [-0.1, -0.05) is 19.4 Å². The molecule has 0 unspecified atom stereocenters. The molecule has 2 rings (SSSR count). The number of aromatic nitrogens is 2. The second-order valence-electron chi connectivity index (χ2n) is 5.74. The van der Waals surface area contributed by atoms with Gasteiger partial charge >= 0.3 is 0 Å². The highest BCUT2D eigenvalue weighted by Gasteiger charge is 2.07. The molecule has 0 saturated carbocycles. The van der Waals surface area contributed by atoms with Crippen molar-refractivity contribution in [2.45, 2.75) is 39.5 Å². The monoisotopic (exact) mass is 332 g/mol. The van der Waals surface area contributed by atoms with Gasteiger partial charge in [0.05, 0.1) is 12.8 Å². The number of anilines is 2. The minimum Gasteiger partial charge on any atom is -0.488 e. The first-order valence-corrected chi connectivity index (χ1v) is 8.34. The summed E-state index contributed by atoms with van der Waals surface area (Å²) in [6, 6.07) is 4.88. The number of hydrogen-bond donors (Lipinski definition) is 2. The van der Waals surface area contributed by atoms with Gasteiger partial charge in [0, 0.05) is 6.54 Å². The fourth-order valence-corrected chi connectivity index (χ4v) is 2.38. The molecule has 3 N–H and O–H groups in total. The molecule has 1 aromatic heterocycles. The highest BCUT2D eigenvalue weighted by Crippen LogP contribution is 2.22. The van der Waals surface area contributed by atoms with Crippen LogP contribution < -0.4 is 15.8 Å². The summed E-state index contributed by atoms with van der Waals surface area (Å²) in [7, 11) is 0. The van der Waals surface area contributed by atoms with Crippen LogP contribution in [0.5, 0.6) is 5.75 Å². The predicted molar refractivity (Wildman–Crippen MR) is 94.8 cm³/mol. The van der Waals surface area contributed by atoms with Crippen molar-refractivity contribution in [3.8, 4) is 5.75 Å².